The lowest BCUT2D eigenvalue weighted by Gasteiger charge is -2.17. The van der Waals surface area contributed by atoms with E-state index in [-0.39, 0.29) is 18.6 Å². The smallest absolute Gasteiger partial charge is 0.239 e. The summed E-state index contributed by atoms with van der Waals surface area (Å²) in [7, 11) is 0. The Labute approximate surface area is 157 Å². The van der Waals surface area contributed by atoms with Gasteiger partial charge >= 0.3 is 0 Å². The average Bonchev–Trinajstić information content (AvgIpc) is 3.34. The maximum absolute atomic E-state index is 13.4. The third-order valence-corrected chi connectivity index (χ3v) is 5.23. The highest BCUT2D eigenvalue weighted by molar-refractivity contribution is 6.07. The normalized spacial score (nSPS) is 17.5. The highest BCUT2D eigenvalue weighted by Gasteiger charge is 2.39. The summed E-state index contributed by atoms with van der Waals surface area (Å²) in [4.78, 5) is 15.2. The van der Waals surface area contributed by atoms with Crippen molar-refractivity contribution < 1.29 is 18.7 Å². The minimum Gasteiger partial charge on any atom is -0.464 e. The number of benzene rings is 2. The zero-order valence-corrected chi connectivity index (χ0v) is 15.2. The minimum absolute atomic E-state index is 0.0484. The van der Waals surface area contributed by atoms with Crippen LogP contribution in [0.1, 0.15) is 34.1 Å². The summed E-state index contributed by atoms with van der Waals surface area (Å²) in [5.74, 6) is 2.74. The van der Waals surface area contributed by atoms with Crippen molar-refractivity contribution in [2.24, 2.45) is 0 Å². The van der Waals surface area contributed by atoms with Gasteiger partial charge in [-0.1, -0.05) is 18.2 Å². The van der Waals surface area contributed by atoms with E-state index < -0.39 is 0 Å². The van der Waals surface area contributed by atoms with Crippen LogP contribution in [0.25, 0.3) is 0 Å². The maximum atomic E-state index is 13.4. The van der Waals surface area contributed by atoms with Crippen molar-refractivity contribution in [1.82, 2.24) is 0 Å². The minimum atomic E-state index is -0.355. The number of para-hydroxylation sites is 1. The largest absolute Gasteiger partial charge is 0.464 e. The monoisotopic (exact) mass is 361 g/mol. The van der Waals surface area contributed by atoms with Crippen molar-refractivity contribution in [1.29, 1.82) is 0 Å². The summed E-state index contributed by atoms with van der Waals surface area (Å²) >= 11 is 0. The summed E-state index contributed by atoms with van der Waals surface area (Å²) in [5, 5.41) is 0. The summed E-state index contributed by atoms with van der Waals surface area (Å²) in [6.07, 6.45) is 0. The Kier molecular flexibility index (Phi) is 3.50. The van der Waals surface area contributed by atoms with E-state index in [1.807, 2.05) is 67.3 Å². The first kappa shape index (κ1) is 16.0. The van der Waals surface area contributed by atoms with Crippen molar-refractivity contribution in [2.45, 2.75) is 26.3 Å². The molecule has 27 heavy (non-hydrogen) atoms. The van der Waals surface area contributed by atoms with Gasteiger partial charge in [-0.15, -0.1) is 0 Å². The second kappa shape index (κ2) is 5.91. The lowest BCUT2D eigenvalue weighted by Crippen LogP contribution is -2.28. The number of hydrogen-bond acceptors (Lipinski definition) is 4. The number of rotatable bonds is 3. The lowest BCUT2D eigenvalue weighted by atomic mass is 9.89. The third-order valence-electron chi connectivity index (χ3n) is 5.23. The number of carbonyl (C=O) groups excluding carboxylic acids is 1. The molecule has 2 aliphatic heterocycles. The fourth-order valence-corrected chi connectivity index (χ4v) is 3.94. The highest BCUT2D eigenvalue weighted by Crippen LogP contribution is 2.45. The van der Waals surface area contributed by atoms with Crippen LogP contribution < -0.4 is 14.4 Å². The number of carbonyl (C=O) groups is 1. The molecule has 2 aromatic carbocycles. The molecule has 0 fully saturated rings. The standard InChI is InChI=1S/C22H19NO4/c1-13-9-19-20(26-12-25-19)10-17(13)21-16-5-3-4-6-18(16)23(22(21)24)11-15-8-7-14(2)27-15/h3-10,21H,11-12H2,1-2H3. The van der Waals surface area contributed by atoms with Gasteiger partial charge in [-0.05, 0) is 60.9 Å². The molecule has 0 radical (unpaired) electrons. The van der Waals surface area contributed by atoms with E-state index >= 15 is 0 Å². The molecule has 3 heterocycles. The Hall–Kier alpha value is -3.21. The Bertz CT molecular complexity index is 1050. The third kappa shape index (κ3) is 2.50. The van der Waals surface area contributed by atoms with Gasteiger partial charge in [0.05, 0.1) is 12.5 Å². The van der Waals surface area contributed by atoms with E-state index in [0.717, 1.165) is 39.6 Å². The fraction of sp³-hybridized carbons (Fsp3) is 0.227. The topological polar surface area (TPSA) is 51.9 Å². The van der Waals surface area contributed by atoms with Crippen LogP contribution in [0.4, 0.5) is 5.69 Å². The van der Waals surface area contributed by atoms with E-state index in [2.05, 4.69) is 0 Å². The maximum Gasteiger partial charge on any atom is 0.239 e. The molecule has 2 aliphatic rings. The van der Waals surface area contributed by atoms with E-state index in [1.54, 1.807) is 0 Å². The molecule has 1 amide bonds. The quantitative estimate of drug-likeness (QED) is 0.698. The van der Waals surface area contributed by atoms with E-state index in [9.17, 15) is 4.79 Å². The predicted molar refractivity (Wildman–Crippen MR) is 100 cm³/mol. The molecule has 1 unspecified atom stereocenters. The molecule has 5 rings (SSSR count). The molecule has 1 atom stereocenters. The summed E-state index contributed by atoms with van der Waals surface area (Å²) in [6, 6.07) is 15.7. The molecule has 0 bridgehead atoms. The van der Waals surface area contributed by atoms with Gasteiger partial charge in [-0.25, -0.2) is 0 Å². The van der Waals surface area contributed by atoms with E-state index in [0.29, 0.717) is 12.3 Å². The number of hydrogen-bond donors (Lipinski definition) is 0. The van der Waals surface area contributed by atoms with Crippen LogP contribution >= 0.6 is 0 Å². The van der Waals surface area contributed by atoms with Gasteiger partial charge < -0.3 is 18.8 Å². The van der Waals surface area contributed by atoms with Gasteiger partial charge in [0.2, 0.25) is 12.7 Å². The predicted octanol–water partition coefficient (Wildman–Crippen LogP) is 4.30. The van der Waals surface area contributed by atoms with Crippen LogP contribution in [0.2, 0.25) is 0 Å². The Morgan fingerprint density at radius 2 is 1.78 bits per heavy atom. The highest BCUT2D eigenvalue weighted by atomic mass is 16.7. The molecule has 136 valence electrons. The number of furan rings is 1. The Morgan fingerprint density at radius 1 is 1.00 bits per heavy atom. The molecule has 0 aliphatic carbocycles. The number of aryl methyl sites for hydroxylation is 2. The van der Waals surface area contributed by atoms with Gasteiger partial charge in [0.25, 0.3) is 0 Å². The summed E-state index contributed by atoms with van der Waals surface area (Å²) in [6.45, 7) is 4.55. The van der Waals surface area contributed by atoms with Crippen LogP contribution in [-0.2, 0) is 11.3 Å². The molecular weight excluding hydrogens is 342 g/mol. The van der Waals surface area contributed by atoms with Crippen molar-refractivity contribution in [3.8, 4) is 11.5 Å². The van der Waals surface area contributed by atoms with Gasteiger partial charge in [-0.3, -0.25) is 4.79 Å². The molecule has 0 N–H and O–H groups in total. The van der Waals surface area contributed by atoms with Gasteiger partial charge in [0.15, 0.2) is 11.5 Å². The number of fused-ring (bicyclic) bond motifs is 2. The van der Waals surface area contributed by atoms with Crippen molar-refractivity contribution >= 4 is 11.6 Å². The SMILES string of the molecule is Cc1ccc(CN2C(=O)C(c3cc4c(cc3C)OCO4)c3ccccc32)o1. The second-order valence-electron chi connectivity index (χ2n) is 6.99. The van der Waals surface area contributed by atoms with Crippen LogP contribution in [0.15, 0.2) is 52.9 Å². The Balaban J connectivity index is 1.59. The number of anilines is 1. The van der Waals surface area contributed by atoms with E-state index in [4.69, 9.17) is 13.9 Å². The van der Waals surface area contributed by atoms with E-state index in [1.165, 1.54) is 0 Å². The Morgan fingerprint density at radius 3 is 2.56 bits per heavy atom. The van der Waals surface area contributed by atoms with Gasteiger partial charge in [0, 0.05) is 5.69 Å². The molecule has 0 spiro atoms. The van der Waals surface area contributed by atoms with Gasteiger partial charge in [-0.2, -0.15) is 0 Å². The number of amides is 1. The molecule has 0 saturated carbocycles. The molecule has 5 nitrogen and oxygen atoms in total. The number of ether oxygens (including phenoxy) is 2. The van der Waals surface area contributed by atoms with Crippen molar-refractivity contribution in [3.05, 3.63) is 76.7 Å². The molecule has 5 heteroatoms. The lowest BCUT2D eigenvalue weighted by molar-refractivity contribution is -0.118. The van der Waals surface area contributed by atoms with Crippen LogP contribution in [0, 0.1) is 13.8 Å². The molecular formula is C22H19NO4. The molecule has 1 aromatic heterocycles. The number of nitrogens with zero attached hydrogens (tertiary/aromatic N) is 1. The average molecular weight is 361 g/mol. The van der Waals surface area contributed by atoms with Crippen LogP contribution in [0.5, 0.6) is 11.5 Å². The first-order valence-corrected chi connectivity index (χ1v) is 8.97. The molecule has 3 aromatic rings. The second-order valence-corrected chi connectivity index (χ2v) is 6.99. The first-order valence-electron chi connectivity index (χ1n) is 8.97. The zero-order valence-electron chi connectivity index (χ0n) is 15.2. The van der Waals surface area contributed by atoms with Gasteiger partial charge in [0.1, 0.15) is 11.5 Å². The molecule has 0 saturated heterocycles. The van der Waals surface area contributed by atoms with Crippen LogP contribution in [0.3, 0.4) is 0 Å². The van der Waals surface area contributed by atoms with Crippen molar-refractivity contribution in [2.75, 3.05) is 11.7 Å². The summed E-state index contributed by atoms with van der Waals surface area (Å²) < 4.78 is 16.7. The fourth-order valence-electron chi connectivity index (χ4n) is 3.94. The summed E-state index contributed by atoms with van der Waals surface area (Å²) in [5.41, 5.74) is 3.91. The zero-order chi connectivity index (χ0) is 18.5. The van der Waals surface area contributed by atoms with Crippen molar-refractivity contribution in [3.63, 3.8) is 0 Å². The van der Waals surface area contributed by atoms with Crippen LogP contribution in [-0.4, -0.2) is 12.7 Å². The first-order chi connectivity index (χ1) is 13.1.